The van der Waals surface area contributed by atoms with Crippen molar-refractivity contribution >= 4 is 54.3 Å². The predicted octanol–water partition coefficient (Wildman–Crippen LogP) is 11.3. The summed E-state index contributed by atoms with van der Waals surface area (Å²) in [6, 6.07) is 52.5. The average molecular weight is 627 g/mol. The molecule has 10 rings (SSSR count). The minimum Gasteiger partial charge on any atom is -0.456 e. The van der Waals surface area contributed by atoms with Crippen LogP contribution in [0.5, 0.6) is 0 Å². The summed E-state index contributed by atoms with van der Waals surface area (Å²) < 4.78 is 6.50. The van der Waals surface area contributed by atoms with Crippen LogP contribution in [-0.2, 0) is 0 Å². The van der Waals surface area contributed by atoms with Gasteiger partial charge in [0.25, 0.3) is 0 Å². The summed E-state index contributed by atoms with van der Waals surface area (Å²) in [6.07, 6.45) is 1.76. The van der Waals surface area contributed by atoms with Crippen LogP contribution >= 0.6 is 0 Å². The molecule has 0 amide bonds. The normalized spacial score (nSPS) is 11.7. The van der Waals surface area contributed by atoms with Gasteiger partial charge in [-0.2, -0.15) is 0 Å². The van der Waals surface area contributed by atoms with Crippen LogP contribution in [0.15, 0.2) is 162 Å². The molecule has 0 saturated carbocycles. The van der Waals surface area contributed by atoms with E-state index in [1.165, 1.54) is 32.3 Å². The van der Waals surface area contributed by atoms with E-state index in [0.29, 0.717) is 23.2 Å². The Morgan fingerprint density at radius 3 is 1.69 bits per heavy atom. The molecular formula is C44H26N4O. The van der Waals surface area contributed by atoms with Gasteiger partial charge < -0.3 is 4.42 Å². The Balaban J connectivity index is 1.13. The molecule has 0 unspecified atom stereocenters. The zero-order chi connectivity index (χ0) is 32.3. The first-order valence-electron chi connectivity index (χ1n) is 16.3. The third kappa shape index (κ3) is 4.55. The van der Waals surface area contributed by atoms with E-state index in [0.717, 1.165) is 44.2 Å². The molecule has 0 aliphatic carbocycles. The van der Waals surface area contributed by atoms with Gasteiger partial charge in [-0.25, -0.2) is 15.0 Å². The van der Waals surface area contributed by atoms with Gasteiger partial charge in [0.2, 0.25) is 0 Å². The van der Waals surface area contributed by atoms with Crippen molar-refractivity contribution < 1.29 is 4.42 Å². The lowest BCUT2D eigenvalue weighted by Crippen LogP contribution is -2.01. The number of aromatic nitrogens is 4. The van der Waals surface area contributed by atoms with Gasteiger partial charge in [0.15, 0.2) is 17.5 Å². The highest BCUT2D eigenvalue weighted by molar-refractivity contribution is 6.18. The van der Waals surface area contributed by atoms with Gasteiger partial charge in [-0.1, -0.05) is 127 Å². The van der Waals surface area contributed by atoms with Crippen molar-refractivity contribution in [2.24, 2.45) is 0 Å². The summed E-state index contributed by atoms with van der Waals surface area (Å²) in [5.41, 5.74) is 6.21. The molecule has 5 heteroatoms. The largest absolute Gasteiger partial charge is 0.456 e. The smallest absolute Gasteiger partial charge is 0.183 e. The van der Waals surface area contributed by atoms with Gasteiger partial charge in [0, 0.05) is 22.7 Å². The molecule has 0 fully saturated rings. The molecule has 0 spiro atoms. The first-order chi connectivity index (χ1) is 24.3. The van der Waals surface area contributed by atoms with Crippen molar-refractivity contribution in [3.63, 3.8) is 0 Å². The third-order valence-corrected chi connectivity index (χ3v) is 9.37. The van der Waals surface area contributed by atoms with Crippen molar-refractivity contribution in [2.75, 3.05) is 0 Å². The maximum atomic E-state index is 6.50. The van der Waals surface area contributed by atoms with Crippen LogP contribution < -0.4 is 0 Å². The Morgan fingerprint density at radius 1 is 0.367 bits per heavy atom. The summed E-state index contributed by atoms with van der Waals surface area (Å²) in [5.74, 6) is 1.68. The van der Waals surface area contributed by atoms with E-state index in [2.05, 4.69) is 84.9 Å². The van der Waals surface area contributed by atoms with E-state index in [1.54, 1.807) is 6.20 Å². The highest BCUT2D eigenvalue weighted by Gasteiger charge is 2.19. The molecule has 0 N–H and O–H groups in total. The standard InChI is InChI=1S/C44H26N4O/c1-3-10-29(11-4-1)42-46-43(30-12-5-2-6-13-30)48-44(47-42)41-40-36-22-19-32(26-39(36)49-38(40)23-24-45-41)31-16-15-28-18-20-34-33-14-8-7-9-27(33)17-21-35(34)37(28)25-31/h1-26H. The maximum absolute atomic E-state index is 6.50. The van der Waals surface area contributed by atoms with Gasteiger partial charge in [-0.05, 0) is 67.7 Å². The maximum Gasteiger partial charge on any atom is 0.183 e. The highest BCUT2D eigenvalue weighted by atomic mass is 16.3. The highest BCUT2D eigenvalue weighted by Crippen LogP contribution is 2.38. The van der Waals surface area contributed by atoms with E-state index in [4.69, 9.17) is 24.4 Å². The number of rotatable bonds is 4. The first kappa shape index (κ1) is 27.4. The Labute approximate surface area is 281 Å². The van der Waals surface area contributed by atoms with Gasteiger partial charge in [0.1, 0.15) is 16.9 Å². The molecule has 10 aromatic rings. The van der Waals surface area contributed by atoms with Crippen molar-refractivity contribution in [2.45, 2.75) is 0 Å². The van der Waals surface area contributed by atoms with Crippen molar-refractivity contribution in [3.05, 3.63) is 158 Å². The second kappa shape index (κ2) is 10.9. The number of furan rings is 1. The van der Waals surface area contributed by atoms with E-state index in [9.17, 15) is 0 Å². The average Bonchev–Trinajstić information content (AvgIpc) is 3.56. The summed E-state index contributed by atoms with van der Waals surface area (Å²) >= 11 is 0. The molecule has 0 aliphatic heterocycles. The molecule has 7 aromatic carbocycles. The van der Waals surface area contributed by atoms with Crippen LogP contribution in [0.2, 0.25) is 0 Å². The van der Waals surface area contributed by atoms with Crippen molar-refractivity contribution in [1.82, 2.24) is 19.9 Å². The van der Waals surface area contributed by atoms with Crippen LogP contribution in [0.4, 0.5) is 0 Å². The lowest BCUT2D eigenvalue weighted by atomic mass is 9.94. The Bertz CT molecular complexity index is 2820. The first-order valence-corrected chi connectivity index (χ1v) is 16.3. The quantitative estimate of drug-likeness (QED) is 0.182. The molecule has 0 bridgehead atoms. The molecule has 3 aromatic heterocycles. The number of pyridine rings is 1. The molecule has 5 nitrogen and oxygen atoms in total. The number of hydrogen-bond acceptors (Lipinski definition) is 5. The summed E-state index contributed by atoms with van der Waals surface area (Å²) in [5, 5.41) is 9.32. The molecular weight excluding hydrogens is 601 g/mol. The van der Waals surface area contributed by atoms with Crippen LogP contribution in [0, 0.1) is 0 Å². The second-order valence-corrected chi connectivity index (χ2v) is 12.3. The second-order valence-electron chi connectivity index (χ2n) is 12.3. The van der Waals surface area contributed by atoms with E-state index >= 15 is 0 Å². The van der Waals surface area contributed by atoms with E-state index in [-0.39, 0.29) is 0 Å². The zero-order valence-corrected chi connectivity index (χ0v) is 26.2. The number of nitrogens with zero attached hydrogens (tertiary/aromatic N) is 4. The van der Waals surface area contributed by atoms with Crippen LogP contribution in [0.3, 0.4) is 0 Å². The van der Waals surface area contributed by atoms with Crippen LogP contribution in [0.1, 0.15) is 0 Å². The van der Waals surface area contributed by atoms with Crippen LogP contribution in [0.25, 0.3) is 99.7 Å². The summed E-state index contributed by atoms with van der Waals surface area (Å²) in [7, 11) is 0. The van der Waals surface area contributed by atoms with Gasteiger partial charge in [0.05, 0.1) is 5.39 Å². The summed E-state index contributed by atoms with van der Waals surface area (Å²) in [6.45, 7) is 0. The van der Waals surface area contributed by atoms with E-state index in [1.807, 2.05) is 66.7 Å². The van der Waals surface area contributed by atoms with E-state index < -0.39 is 0 Å². The Hall–Kier alpha value is -6.72. The third-order valence-electron chi connectivity index (χ3n) is 9.37. The van der Waals surface area contributed by atoms with Gasteiger partial charge in [-0.3, -0.25) is 4.98 Å². The number of benzene rings is 7. The molecule has 0 aliphatic rings. The van der Waals surface area contributed by atoms with Crippen LogP contribution in [-0.4, -0.2) is 19.9 Å². The zero-order valence-electron chi connectivity index (χ0n) is 26.2. The van der Waals surface area contributed by atoms with Crippen molar-refractivity contribution in [1.29, 1.82) is 0 Å². The fourth-order valence-corrected chi connectivity index (χ4v) is 6.98. The Morgan fingerprint density at radius 2 is 0.939 bits per heavy atom. The van der Waals surface area contributed by atoms with Gasteiger partial charge in [-0.15, -0.1) is 0 Å². The molecule has 228 valence electrons. The minimum atomic E-state index is 0.499. The summed E-state index contributed by atoms with van der Waals surface area (Å²) in [4.78, 5) is 19.6. The molecule has 0 atom stereocenters. The molecule has 3 heterocycles. The fraction of sp³-hybridized carbons (Fsp3) is 0. The lowest BCUT2D eigenvalue weighted by molar-refractivity contribution is 0.668. The molecule has 49 heavy (non-hydrogen) atoms. The predicted molar refractivity (Wildman–Crippen MR) is 199 cm³/mol. The number of fused-ring (bicyclic) bond motifs is 8. The monoisotopic (exact) mass is 626 g/mol. The van der Waals surface area contributed by atoms with Crippen molar-refractivity contribution in [3.8, 4) is 45.4 Å². The Kier molecular flexibility index (Phi) is 6.11. The minimum absolute atomic E-state index is 0.499. The number of hydrogen-bond donors (Lipinski definition) is 0. The van der Waals surface area contributed by atoms with Gasteiger partial charge >= 0.3 is 0 Å². The SMILES string of the molecule is c1ccc(-c2nc(-c3ccccc3)nc(-c3nccc4oc5cc(-c6ccc7ccc8c9ccccc9ccc8c7c6)ccc5c34)n2)cc1. The molecule has 0 saturated heterocycles. The fourth-order valence-electron chi connectivity index (χ4n) is 6.98. The molecule has 0 radical (unpaired) electrons. The lowest BCUT2D eigenvalue weighted by Gasteiger charge is -2.10. The topological polar surface area (TPSA) is 64.7 Å².